The van der Waals surface area contributed by atoms with Gasteiger partial charge in [0.2, 0.25) is 0 Å². The molecule has 0 amide bonds. The fraction of sp³-hybridized carbons (Fsp3) is 0.0455. The zero-order valence-corrected chi connectivity index (χ0v) is 14.4. The van der Waals surface area contributed by atoms with E-state index < -0.39 is 0 Å². The average Bonchev–Trinajstić information content (AvgIpc) is 3.10. The highest BCUT2D eigenvalue weighted by molar-refractivity contribution is 5.79. The molecule has 0 atom stereocenters. The minimum absolute atomic E-state index is 0.271. The molecular formula is C22H15FN4. The van der Waals surface area contributed by atoms with Gasteiger partial charge in [0.05, 0.1) is 24.1 Å². The van der Waals surface area contributed by atoms with Gasteiger partial charge in [-0.3, -0.25) is 4.98 Å². The summed E-state index contributed by atoms with van der Waals surface area (Å²) < 4.78 is 15.6. The number of halogens is 1. The molecule has 0 aliphatic heterocycles. The summed E-state index contributed by atoms with van der Waals surface area (Å²) >= 11 is 0. The van der Waals surface area contributed by atoms with Crippen molar-refractivity contribution in [3.05, 3.63) is 90.6 Å². The van der Waals surface area contributed by atoms with Crippen molar-refractivity contribution in [2.24, 2.45) is 0 Å². The number of pyridine rings is 2. The lowest BCUT2D eigenvalue weighted by Gasteiger charge is -2.07. The normalized spacial score (nSPS) is 11.3. The quantitative estimate of drug-likeness (QED) is 0.466. The van der Waals surface area contributed by atoms with Crippen LogP contribution < -0.4 is 0 Å². The van der Waals surface area contributed by atoms with E-state index in [2.05, 4.69) is 28.2 Å². The summed E-state index contributed by atoms with van der Waals surface area (Å²) in [7, 11) is 0. The summed E-state index contributed by atoms with van der Waals surface area (Å²) in [5.41, 5.74) is 5.20. The van der Waals surface area contributed by atoms with Crippen molar-refractivity contribution in [2.45, 2.75) is 6.54 Å². The fourth-order valence-corrected chi connectivity index (χ4v) is 3.28. The molecule has 0 unspecified atom stereocenters. The maximum atomic E-state index is 13.6. The van der Waals surface area contributed by atoms with Crippen molar-refractivity contribution >= 4 is 22.1 Å². The Balaban J connectivity index is 1.55. The van der Waals surface area contributed by atoms with Crippen molar-refractivity contribution in [1.82, 2.24) is 19.5 Å². The predicted octanol–water partition coefficient (Wildman–Crippen LogP) is 4.83. The summed E-state index contributed by atoms with van der Waals surface area (Å²) in [4.78, 5) is 13.5. The van der Waals surface area contributed by atoms with Crippen LogP contribution in [0.5, 0.6) is 0 Å². The van der Waals surface area contributed by atoms with Crippen LogP contribution in [0.3, 0.4) is 0 Å². The van der Waals surface area contributed by atoms with Gasteiger partial charge in [0, 0.05) is 17.1 Å². The van der Waals surface area contributed by atoms with Gasteiger partial charge in [-0.05, 0) is 48.0 Å². The highest BCUT2D eigenvalue weighted by Gasteiger charge is 2.09. The number of hydrogen-bond donors (Lipinski definition) is 0. The summed E-state index contributed by atoms with van der Waals surface area (Å²) in [6, 6.07) is 20.5. The second kappa shape index (κ2) is 6.29. The molecule has 5 rings (SSSR count). The van der Waals surface area contributed by atoms with Gasteiger partial charge < -0.3 is 4.57 Å². The molecule has 0 aliphatic rings. The summed E-state index contributed by atoms with van der Waals surface area (Å²) in [5.74, 6) is -0.271. The second-order valence-corrected chi connectivity index (χ2v) is 6.45. The van der Waals surface area contributed by atoms with Crippen LogP contribution in [0.4, 0.5) is 4.39 Å². The number of rotatable bonds is 3. The molecule has 0 N–H and O–H groups in total. The van der Waals surface area contributed by atoms with E-state index in [4.69, 9.17) is 4.98 Å². The molecule has 2 aromatic carbocycles. The molecule has 0 saturated heterocycles. The van der Waals surface area contributed by atoms with Gasteiger partial charge >= 0.3 is 0 Å². The van der Waals surface area contributed by atoms with Gasteiger partial charge in [-0.15, -0.1) is 0 Å². The van der Waals surface area contributed by atoms with Gasteiger partial charge in [0.1, 0.15) is 11.3 Å². The molecule has 4 nitrogen and oxygen atoms in total. The molecule has 5 aromatic rings. The standard InChI is InChI=1S/C22H15FN4/c23-18-5-1-3-17(12-18)20-8-9-21-22(26-20)27(14-25-21)13-15-6-7-19-16(11-15)4-2-10-24-19/h1-12,14H,13H2. The maximum Gasteiger partial charge on any atom is 0.160 e. The first-order chi connectivity index (χ1) is 13.3. The molecule has 5 heteroatoms. The minimum atomic E-state index is -0.271. The Kier molecular flexibility index (Phi) is 3.64. The minimum Gasteiger partial charge on any atom is -0.311 e. The number of imidazole rings is 1. The Morgan fingerprint density at radius 1 is 0.852 bits per heavy atom. The van der Waals surface area contributed by atoms with E-state index in [9.17, 15) is 4.39 Å². The van der Waals surface area contributed by atoms with Crippen LogP contribution in [0.2, 0.25) is 0 Å². The molecule has 0 spiro atoms. The monoisotopic (exact) mass is 354 g/mol. The van der Waals surface area contributed by atoms with Crippen LogP contribution in [0.1, 0.15) is 5.56 Å². The second-order valence-electron chi connectivity index (χ2n) is 6.45. The largest absolute Gasteiger partial charge is 0.311 e. The predicted molar refractivity (Wildman–Crippen MR) is 104 cm³/mol. The third-order valence-corrected chi connectivity index (χ3v) is 4.60. The lowest BCUT2D eigenvalue weighted by Crippen LogP contribution is -2.00. The average molecular weight is 354 g/mol. The van der Waals surface area contributed by atoms with Gasteiger partial charge in [-0.1, -0.05) is 24.3 Å². The molecule has 0 aliphatic carbocycles. The lowest BCUT2D eigenvalue weighted by atomic mass is 10.1. The lowest BCUT2D eigenvalue weighted by molar-refractivity contribution is 0.628. The van der Waals surface area contributed by atoms with Crippen LogP contribution in [0.15, 0.2) is 79.3 Å². The molecule has 3 aromatic heterocycles. The molecule has 27 heavy (non-hydrogen) atoms. The maximum absolute atomic E-state index is 13.6. The van der Waals surface area contributed by atoms with Crippen molar-refractivity contribution in [3.63, 3.8) is 0 Å². The third kappa shape index (κ3) is 2.93. The van der Waals surface area contributed by atoms with E-state index >= 15 is 0 Å². The Morgan fingerprint density at radius 2 is 1.78 bits per heavy atom. The van der Waals surface area contributed by atoms with Crippen LogP contribution in [-0.4, -0.2) is 19.5 Å². The van der Waals surface area contributed by atoms with Crippen molar-refractivity contribution in [1.29, 1.82) is 0 Å². The van der Waals surface area contributed by atoms with Gasteiger partial charge in [0.15, 0.2) is 5.65 Å². The van der Waals surface area contributed by atoms with Crippen LogP contribution in [0, 0.1) is 5.82 Å². The van der Waals surface area contributed by atoms with E-state index in [-0.39, 0.29) is 5.82 Å². The van der Waals surface area contributed by atoms with Crippen LogP contribution in [-0.2, 0) is 6.54 Å². The number of nitrogens with zero attached hydrogens (tertiary/aromatic N) is 4. The van der Waals surface area contributed by atoms with E-state index in [1.807, 2.05) is 34.9 Å². The molecular weight excluding hydrogens is 339 g/mol. The molecule has 0 fully saturated rings. The number of aromatic nitrogens is 4. The Bertz CT molecular complexity index is 1280. The highest BCUT2D eigenvalue weighted by Crippen LogP contribution is 2.22. The third-order valence-electron chi connectivity index (χ3n) is 4.60. The Morgan fingerprint density at radius 3 is 2.70 bits per heavy atom. The van der Waals surface area contributed by atoms with Gasteiger partial charge in [-0.2, -0.15) is 0 Å². The Hall–Kier alpha value is -3.60. The summed E-state index contributed by atoms with van der Waals surface area (Å²) in [6.07, 6.45) is 3.59. The first-order valence-corrected chi connectivity index (χ1v) is 8.68. The Labute approximate surface area is 155 Å². The molecule has 0 radical (unpaired) electrons. The van der Waals surface area contributed by atoms with Crippen molar-refractivity contribution in [2.75, 3.05) is 0 Å². The van der Waals surface area contributed by atoms with E-state index in [0.717, 1.165) is 38.9 Å². The van der Waals surface area contributed by atoms with E-state index in [0.29, 0.717) is 6.54 Å². The van der Waals surface area contributed by atoms with E-state index in [1.54, 1.807) is 18.6 Å². The SMILES string of the molecule is Fc1cccc(-c2ccc3ncn(Cc4ccc5ncccc5c4)c3n2)c1. The van der Waals surface area contributed by atoms with Crippen LogP contribution >= 0.6 is 0 Å². The molecule has 3 heterocycles. The zero-order chi connectivity index (χ0) is 18.2. The smallest absolute Gasteiger partial charge is 0.160 e. The van der Waals surface area contributed by atoms with Gasteiger partial charge in [0.25, 0.3) is 0 Å². The summed E-state index contributed by atoms with van der Waals surface area (Å²) in [6.45, 7) is 0.654. The molecule has 130 valence electrons. The fourth-order valence-electron chi connectivity index (χ4n) is 3.28. The van der Waals surface area contributed by atoms with Crippen molar-refractivity contribution in [3.8, 4) is 11.3 Å². The molecule has 0 bridgehead atoms. The zero-order valence-electron chi connectivity index (χ0n) is 14.4. The number of fused-ring (bicyclic) bond motifs is 2. The van der Waals surface area contributed by atoms with E-state index in [1.165, 1.54) is 12.1 Å². The number of hydrogen-bond acceptors (Lipinski definition) is 3. The van der Waals surface area contributed by atoms with Crippen LogP contribution in [0.25, 0.3) is 33.3 Å². The summed E-state index contributed by atoms with van der Waals surface area (Å²) in [5, 5.41) is 1.10. The molecule has 0 saturated carbocycles. The number of benzene rings is 2. The van der Waals surface area contributed by atoms with Gasteiger partial charge in [-0.25, -0.2) is 14.4 Å². The topological polar surface area (TPSA) is 43.6 Å². The van der Waals surface area contributed by atoms with Crippen molar-refractivity contribution < 1.29 is 4.39 Å². The first-order valence-electron chi connectivity index (χ1n) is 8.68. The highest BCUT2D eigenvalue weighted by atomic mass is 19.1. The first kappa shape index (κ1) is 15.6.